The number of aryl methyl sites for hydroxylation is 2. The van der Waals surface area contributed by atoms with Crippen LogP contribution >= 0.6 is 0 Å². The number of aromatic nitrogens is 4. The van der Waals surface area contributed by atoms with E-state index < -0.39 is 0 Å². The molecule has 0 saturated heterocycles. The molecule has 0 amide bonds. The lowest BCUT2D eigenvalue weighted by molar-refractivity contribution is 0.0517. The van der Waals surface area contributed by atoms with E-state index in [0.29, 0.717) is 24.3 Å². The summed E-state index contributed by atoms with van der Waals surface area (Å²) >= 11 is 0. The maximum absolute atomic E-state index is 12.7. The summed E-state index contributed by atoms with van der Waals surface area (Å²) in [6.45, 7) is 8.36. The first-order valence-electron chi connectivity index (χ1n) is 20.1. The van der Waals surface area contributed by atoms with Crippen molar-refractivity contribution in [2.45, 2.75) is 27.7 Å². The Morgan fingerprint density at radius 3 is 0.950 bits per heavy atom. The molecule has 8 heteroatoms. The number of hydrogen-bond acceptors (Lipinski definition) is 6. The third-order valence-electron chi connectivity index (χ3n) is 10.8. The van der Waals surface area contributed by atoms with Crippen LogP contribution in [-0.4, -0.2) is 45.1 Å². The zero-order chi connectivity index (χ0) is 41.3. The molecule has 2 aliphatic rings. The molecule has 9 rings (SSSR count). The Morgan fingerprint density at radius 1 is 0.417 bits per heavy atom. The Labute approximate surface area is 348 Å². The molecule has 0 spiro atoms. The normalized spacial score (nSPS) is 11.8. The number of rotatable bonds is 8. The zero-order valence-corrected chi connectivity index (χ0v) is 33.8. The van der Waals surface area contributed by atoms with Gasteiger partial charge in [0.2, 0.25) is 0 Å². The van der Waals surface area contributed by atoms with Gasteiger partial charge in [-0.25, -0.2) is 19.6 Å². The predicted octanol–water partition coefficient (Wildman–Crippen LogP) is 12.3. The molecular formula is C52H42N4O4. The summed E-state index contributed by atoms with van der Waals surface area (Å²) in [7, 11) is 0. The van der Waals surface area contributed by atoms with Crippen LogP contribution < -0.4 is 0 Å². The molecule has 0 unspecified atom stereocenters. The molecule has 4 aromatic carbocycles. The van der Waals surface area contributed by atoms with Gasteiger partial charge in [-0.3, -0.25) is 0 Å². The number of H-pyrrole nitrogens is 2. The topological polar surface area (TPSA) is 110 Å². The van der Waals surface area contributed by atoms with Crippen LogP contribution in [0, 0.1) is 13.8 Å². The zero-order valence-electron chi connectivity index (χ0n) is 33.8. The van der Waals surface area contributed by atoms with Crippen LogP contribution in [0.25, 0.3) is 90.9 Å². The van der Waals surface area contributed by atoms with E-state index in [-0.39, 0.29) is 11.9 Å². The highest BCUT2D eigenvalue weighted by atomic mass is 16.5. The molecule has 294 valence electrons. The number of esters is 2. The van der Waals surface area contributed by atoms with Crippen LogP contribution in [0.1, 0.15) is 68.5 Å². The molecule has 2 N–H and O–H groups in total. The van der Waals surface area contributed by atoms with Gasteiger partial charge in [-0.2, -0.15) is 0 Å². The second-order valence-corrected chi connectivity index (χ2v) is 14.8. The van der Waals surface area contributed by atoms with Crippen LogP contribution in [0.5, 0.6) is 0 Å². The second-order valence-electron chi connectivity index (χ2n) is 14.8. The molecular weight excluding hydrogens is 745 g/mol. The highest BCUT2D eigenvalue weighted by molar-refractivity contribution is 6.00. The summed E-state index contributed by atoms with van der Waals surface area (Å²) in [4.78, 5) is 43.6. The SMILES string of the molecule is CCOC(=O)c1ccc(-c2c3nc(c(-c4ccc(C)cc4)c4ccc([nH]4)c(-c4ccc(C(=O)OCC)cc4)c4nc(c(-c5ccc(C)cc5)c5ccc2[nH]5)C=C4)C=C3)cc1. The van der Waals surface area contributed by atoms with E-state index in [1.807, 2.05) is 24.3 Å². The minimum atomic E-state index is -0.362. The van der Waals surface area contributed by atoms with E-state index in [4.69, 9.17) is 19.4 Å². The largest absolute Gasteiger partial charge is 0.462 e. The summed E-state index contributed by atoms with van der Waals surface area (Å²) in [6.07, 6.45) is 8.23. The average Bonchev–Trinajstić information content (AvgIpc) is 4.11. The van der Waals surface area contributed by atoms with Crippen molar-refractivity contribution in [2.75, 3.05) is 13.2 Å². The highest BCUT2D eigenvalue weighted by Crippen LogP contribution is 2.38. The first-order valence-corrected chi connectivity index (χ1v) is 20.1. The third kappa shape index (κ3) is 7.24. The van der Waals surface area contributed by atoms with Gasteiger partial charge in [-0.05, 0) is 123 Å². The van der Waals surface area contributed by atoms with Crippen molar-refractivity contribution >= 4 is 58.3 Å². The van der Waals surface area contributed by atoms with Crippen molar-refractivity contribution in [1.29, 1.82) is 0 Å². The van der Waals surface area contributed by atoms with Crippen molar-refractivity contribution in [1.82, 2.24) is 19.9 Å². The average molecular weight is 787 g/mol. The summed E-state index contributed by atoms with van der Waals surface area (Å²) in [5.74, 6) is -0.725. The smallest absolute Gasteiger partial charge is 0.338 e. The number of nitrogens with zero attached hydrogens (tertiary/aromatic N) is 2. The van der Waals surface area contributed by atoms with Gasteiger partial charge in [0.25, 0.3) is 0 Å². The van der Waals surface area contributed by atoms with Crippen molar-refractivity contribution < 1.29 is 19.1 Å². The molecule has 0 aliphatic carbocycles. The molecule has 0 saturated carbocycles. The van der Waals surface area contributed by atoms with Crippen molar-refractivity contribution in [3.05, 3.63) is 166 Å². The maximum Gasteiger partial charge on any atom is 0.338 e. The standard InChI is InChI=1S/C52H42N4O4/c1-5-59-51(57)37-19-15-35(16-20-37)49-43-27-23-39(53-43)47(33-11-7-31(3)8-12-33)41-25-29-45(55-41)50(36-17-21-38(22-18-36)52(58)60-6-2)46-30-26-42(56-46)48(40-24-28-44(49)54-40)34-13-9-32(4)10-14-34/h7-30,53,56H,5-6H2,1-4H3. The number of carbonyl (C=O) groups is 2. The molecule has 7 aromatic rings. The van der Waals surface area contributed by atoms with Gasteiger partial charge in [0, 0.05) is 44.3 Å². The maximum atomic E-state index is 12.7. The van der Waals surface area contributed by atoms with Crippen LogP contribution in [-0.2, 0) is 9.47 Å². The van der Waals surface area contributed by atoms with Crippen LogP contribution in [0.2, 0.25) is 0 Å². The van der Waals surface area contributed by atoms with Crippen LogP contribution in [0.4, 0.5) is 0 Å². The minimum absolute atomic E-state index is 0.300. The molecule has 8 bridgehead atoms. The first kappa shape index (κ1) is 38.0. The highest BCUT2D eigenvalue weighted by Gasteiger charge is 2.20. The molecule has 0 atom stereocenters. The van der Waals surface area contributed by atoms with E-state index in [9.17, 15) is 9.59 Å². The van der Waals surface area contributed by atoms with Gasteiger partial charge in [0.1, 0.15) is 0 Å². The van der Waals surface area contributed by atoms with E-state index in [1.54, 1.807) is 38.1 Å². The molecule has 5 heterocycles. The summed E-state index contributed by atoms with van der Waals surface area (Å²) in [5.41, 5.74) is 17.3. The van der Waals surface area contributed by atoms with Crippen LogP contribution in [0.3, 0.4) is 0 Å². The molecule has 3 aromatic heterocycles. The van der Waals surface area contributed by atoms with Gasteiger partial charge in [0.15, 0.2) is 0 Å². The predicted molar refractivity (Wildman–Crippen MR) is 242 cm³/mol. The number of benzene rings is 4. The Kier molecular flexibility index (Phi) is 10.1. The fourth-order valence-corrected chi connectivity index (χ4v) is 7.84. The number of hydrogen-bond donors (Lipinski definition) is 2. The summed E-state index contributed by atoms with van der Waals surface area (Å²) in [6, 6.07) is 40.3. The van der Waals surface area contributed by atoms with E-state index in [1.165, 1.54) is 0 Å². The van der Waals surface area contributed by atoms with E-state index in [0.717, 1.165) is 100 Å². The van der Waals surface area contributed by atoms with E-state index >= 15 is 0 Å². The Balaban J connectivity index is 1.40. The Morgan fingerprint density at radius 2 is 0.683 bits per heavy atom. The number of carbonyl (C=O) groups excluding carboxylic acids is 2. The summed E-state index contributed by atoms with van der Waals surface area (Å²) < 4.78 is 10.6. The van der Waals surface area contributed by atoms with Gasteiger partial charge < -0.3 is 19.4 Å². The lowest BCUT2D eigenvalue weighted by Gasteiger charge is -2.08. The van der Waals surface area contributed by atoms with Crippen molar-refractivity contribution in [3.63, 3.8) is 0 Å². The Hall–Kier alpha value is -7.58. The van der Waals surface area contributed by atoms with Crippen LogP contribution in [0.15, 0.2) is 121 Å². The van der Waals surface area contributed by atoms with Crippen molar-refractivity contribution in [3.8, 4) is 44.5 Å². The van der Waals surface area contributed by atoms with Gasteiger partial charge >= 0.3 is 11.9 Å². The summed E-state index contributed by atoms with van der Waals surface area (Å²) in [5, 5.41) is 0. The molecule has 2 aliphatic heterocycles. The van der Waals surface area contributed by atoms with Gasteiger partial charge in [0.05, 0.1) is 47.1 Å². The molecule has 8 nitrogen and oxygen atoms in total. The van der Waals surface area contributed by atoms with Crippen molar-refractivity contribution in [2.24, 2.45) is 0 Å². The lowest BCUT2D eigenvalue weighted by atomic mass is 10.0. The number of nitrogens with one attached hydrogen (secondary N) is 2. The molecule has 0 fully saturated rings. The monoisotopic (exact) mass is 786 g/mol. The fraction of sp³-hybridized carbons (Fsp3) is 0.115. The molecule has 60 heavy (non-hydrogen) atoms. The number of ether oxygens (including phenoxy) is 2. The third-order valence-corrected chi connectivity index (χ3v) is 10.8. The first-order chi connectivity index (χ1) is 29.3. The minimum Gasteiger partial charge on any atom is -0.462 e. The fourth-order valence-electron chi connectivity index (χ4n) is 7.84. The number of fused-ring (bicyclic) bond motifs is 8. The van der Waals surface area contributed by atoms with Gasteiger partial charge in [-0.1, -0.05) is 83.9 Å². The lowest BCUT2D eigenvalue weighted by Crippen LogP contribution is -2.04. The van der Waals surface area contributed by atoms with E-state index in [2.05, 4.69) is 121 Å². The Bertz CT molecular complexity index is 2820. The van der Waals surface area contributed by atoms with Gasteiger partial charge in [-0.15, -0.1) is 0 Å². The quantitative estimate of drug-likeness (QED) is 0.148. The molecule has 0 radical (unpaired) electrons. The number of aromatic amines is 2. The second kappa shape index (κ2) is 16.0.